The molecule has 0 atom stereocenters. The standard InChI is InChI=1S/C10H12N2O3/c1-6-4-3-5-8(7(6)2)9(13)11-12-10(14)15/h3-5,12H,1-2H3,(H,11,13)(H,14,15). The van der Waals surface area contributed by atoms with Gasteiger partial charge in [0.15, 0.2) is 0 Å². The summed E-state index contributed by atoms with van der Waals surface area (Å²) in [5, 5.41) is 8.31. The predicted molar refractivity (Wildman–Crippen MR) is 54.5 cm³/mol. The summed E-state index contributed by atoms with van der Waals surface area (Å²) in [4.78, 5) is 21.6. The number of benzene rings is 1. The molecule has 2 amide bonds. The average molecular weight is 208 g/mol. The largest absolute Gasteiger partial charge is 0.464 e. The van der Waals surface area contributed by atoms with E-state index in [0.717, 1.165) is 11.1 Å². The number of carboxylic acid groups (broad SMARTS) is 1. The van der Waals surface area contributed by atoms with Crippen LogP contribution < -0.4 is 10.9 Å². The minimum absolute atomic E-state index is 0.460. The molecule has 0 fully saturated rings. The second-order valence-electron chi connectivity index (χ2n) is 3.13. The minimum Gasteiger partial charge on any atom is -0.464 e. The van der Waals surface area contributed by atoms with Crippen LogP contribution in [-0.2, 0) is 0 Å². The highest BCUT2D eigenvalue weighted by Crippen LogP contribution is 2.11. The van der Waals surface area contributed by atoms with Crippen molar-refractivity contribution in [3.05, 3.63) is 34.9 Å². The Balaban J connectivity index is 2.82. The minimum atomic E-state index is -1.30. The monoisotopic (exact) mass is 208 g/mol. The van der Waals surface area contributed by atoms with Gasteiger partial charge in [0.2, 0.25) is 0 Å². The fraction of sp³-hybridized carbons (Fsp3) is 0.200. The van der Waals surface area contributed by atoms with Gasteiger partial charge < -0.3 is 5.11 Å². The molecule has 0 saturated carbocycles. The summed E-state index contributed by atoms with van der Waals surface area (Å²) in [6, 6.07) is 5.27. The third-order valence-electron chi connectivity index (χ3n) is 2.13. The summed E-state index contributed by atoms with van der Waals surface area (Å²) < 4.78 is 0. The van der Waals surface area contributed by atoms with Crippen molar-refractivity contribution < 1.29 is 14.7 Å². The molecule has 0 aliphatic heterocycles. The van der Waals surface area contributed by atoms with Gasteiger partial charge in [-0.2, -0.15) is 0 Å². The molecule has 0 aliphatic rings. The Labute approximate surface area is 87.1 Å². The molecule has 0 spiro atoms. The van der Waals surface area contributed by atoms with Crippen molar-refractivity contribution >= 4 is 12.0 Å². The quantitative estimate of drug-likeness (QED) is 0.607. The van der Waals surface area contributed by atoms with Gasteiger partial charge in [-0.1, -0.05) is 12.1 Å². The Bertz CT molecular complexity index is 402. The molecule has 5 nitrogen and oxygen atoms in total. The topological polar surface area (TPSA) is 78.4 Å². The van der Waals surface area contributed by atoms with Crippen LogP contribution >= 0.6 is 0 Å². The zero-order valence-corrected chi connectivity index (χ0v) is 8.50. The molecule has 0 heterocycles. The second-order valence-corrected chi connectivity index (χ2v) is 3.13. The number of aryl methyl sites for hydroxylation is 1. The summed E-state index contributed by atoms with van der Waals surface area (Å²) in [7, 11) is 0. The first-order valence-electron chi connectivity index (χ1n) is 4.38. The van der Waals surface area contributed by atoms with Gasteiger partial charge in [-0.15, -0.1) is 0 Å². The van der Waals surface area contributed by atoms with Gasteiger partial charge in [-0.05, 0) is 31.0 Å². The number of amides is 2. The van der Waals surface area contributed by atoms with Crippen LogP contribution in [0.2, 0.25) is 0 Å². The summed E-state index contributed by atoms with van der Waals surface area (Å²) in [6.07, 6.45) is -1.30. The number of carbonyl (C=O) groups excluding carboxylic acids is 1. The number of hydrazine groups is 1. The Morgan fingerprint density at radius 3 is 2.47 bits per heavy atom. The Morgan fingerprint density at radius 1 is 1.20 bits per heavy atom. The lowest BCUT2D eigenvalue weighted by molar-refractivity contribution is 0.0926. The average Bonchev–Trinajstić information content (AvgIpc) is 2.18. The van der Waals surface area contributed by atoms with E-state index in [-0.39, 0.29) is 0 Å². The highest BCUT2D eigenvalue weighted by Gasteiger charge is 2.09. The second kappa shape index (κ2) is 4.45. The summed E-state index contributed by atoms with van der Waals surface area (Å²) >= 11 is 0. The highest BCUT2D eigenvalue weighted by atomic mass is 16.4. The normalized spacial score (nSPS) is 9.47. The summed E-state index contributed by atoms with van der Waals surface area (Å²) in [6.45, 7) is 3.70. The smallest absolute Gasteiger partial charge is 0.423 e. The molecule has 1 aromatic rings. The first kappa shape index (κ1) is 11.0. The zero-order valence-electron chi connectivity index (χ0n) is 8.50. The van der Waals surface area contributed by atoms with Crippen molar-refractivity contribution in [2.75, 3.05) is 0 Å². The van der Waals surface area contributed by atoms with Gasteiger partial charge in [-0.3, -0.25) is 10.2 Å². The van der Waals surface area contributed by atoms with Gasteiger partial charge in [0.1, 0.15) is 0 Å². The fourth-order valence-corrected chi connectivity index (χ4v) is 1.17. The third kappa shape index (κ3) is 2.70. The maximum Gasteiger partial charge on any atom is 0.423 e. The van der Waals surface area contributed by atoms with Crippen LogP contribution in [0.5, 0.6) is 0 Å². The van der Waals surface area contributed by atoms with Gasteiger partial charge >= 0.3 is 6.09 Å². The molecule has 1 aromatic carbocycles. The Kier molecular flexibility index (Phi) is 3.28. The Morgan fingerprint density at radius 2 is 1.87 bits per heavy atom. The van der Waals surface area contributed by atoms with E-state index in [1.807, 2.05) is 25.3 Å². The van der Waals surface area contributed by atoms with Crippen LogP contribution in [0.4, 0.5) is 4.79 Å². The molecule has 0 aliphatic carbocycles. The maximum atomic E-state index is 11.5. The first-order chi connectivity index (χ1) is 7.02. The lowest BCUT2D eigenvalue weighted by Crippen LogP contribution is -2.41. The van der Waals surface area contributed by atoms with Crippen molar-refractivity contribution in [3.63, 3.8) is 0 Å². The van der Waals surface area contributed by atoms with E-state index in [1.165, 1.54) is 0 Å². The molecule has 3 N–H and O–H groups in total. The van der Waals surface area contributed by atoms with Crippen molar-refractivity contribution in [2.24, 2.45) is 0 Å². The van der Waals surface area contributed by atoms with Crippen molar-refractivity contribution in [1.29, 1.82) is 0 Å². The van der Waals surface area contributed by atoms with Crippen molar-refractivity contribution in [1.82, 2.24) is 10.9 Å². The number of nitrogens with one attached hydrogen (secondary N) is 2. The maximum absolute atomic E-state index is 11.5. The lowest BCUT2D eigenvalue weighted by Gasteiger charge is -2.08. The number of carbonyl (C=O) groups is 2. The van der Waals surface area contributed by atoms with E-state index in [2.05, 4.69) is 5.43 Å². The number of rotatable bonds is 1. The zero-order chi connectivity index (χ0) is 11.4. The van der Waals surface area contributed by atoms with Crippen LogP contribution in [0, 0.1) is 13.8 Å². The van der Waals surface area contributed by atoms with Gasteiger partial charge in [0.05, 0.1) is 0 Å². The highest BCUT2D eigenvalue weighted by molar-refractivity contribution is 5.96. The van der Waals surface area contributed by atoms with Crippen molar-refractivity contribution in [2.45, 2.75) is 13.8 Å². The molecular formula is C10H12N2O3. The predicted octanol–water partition coefficient (Wildman–Crippen LogP) is 1.22. The molecule has 15 heavy (non-hydrogen) atoms. The molecule has 0 aromatic heterocycles. The van der Waals surface area contributed by atoms with Crippen LogP contribution in [0.1, 0.15) is 21.5 Å². The summed E-state index contributed by atoms with van der Waals surface area (Å²) in [5.74, 6) is -0.460. The molecule has 0 bridgehead atoms. The van der Waals surface area contributed by atoms with Gasteiger partial charge in [-0.25, -0.2) is 10.2 Å². The van der Waals surface area contributed by atoms with E-state index >= 15 is 0 Å². The van der Waals surface area contributed by atoms with Gasteiger partial charge in [0, 0.05) is 5.56 Å². The number of hydrogen-bond acceptors (Lipinski definition) is 2. The van der Waals surface area contributed by atoms with Crippen LogP contribution in [0.25, 0.3) is 0 Å². The van der Waals surface area contributed by atoms with Crippen LogP contribution in [0.3, 0.4) is 0 Å². The molecule has 5 heteroatoms. The molecule has 0 radical (unpaired) electrons. The van der Waals surface area contributed by atoms with E-state index in [9.17, 15) is 9.59 Å². The molecule has 0 saturated heterocycles. The molecule has 80 valence electrons. The molecular weight excluding hydrogens is 196 g/mol. The lowest BCUT2D eigenvalue weighted by atomic mass is 10.0. The SMILES string of the molecule is Cc1cccc(C(=O)NNC(=O)O)c1C. The van der Waals surface area contributed by atoms with Crippen LogP contribution in [0.15, 0.2) is 18.2 Å². The summed E-state index contributed by atoms with van der Waals surface area (Å²) in [5.41, 5.74) is 6.17. The third-order valence-corrected chi connectivity index (χ3v) is 2.13. The number of hydrogen-bond donors (Lipinski definition) is 3. The van der Waals surface area contributed by atoms with Crippen LogP contribution in [-0.4, -0.2) is 17.1 Å². The van der Waals surface area contributed by atoms with Crippen molar-refractivity contribution in [3.8, 4) is 0 Å². The Hall–Kier alpha value is -2.04. The molecule has 0 unspecified atom stereocenters. The van der Waals surface area contributed by atoms with E-state index in [4.69, 9.17) is 5.11 Å². The van der Waals surface area contributed by atoms with E-state index in [0.29, 0.717) is 5.56 Å². The van der Waals surface area contributed by atoms with E-state index in [1.54, 1.807) is 12.1 Å². The van der Waals surface area contributed by atoms with E-state index < -0.39 is 12.0 Å². The molecule has 1 rings (SSSR count). The fourth-order valence-electron chi connectivity index (χ4n) is 1.17. The first-order valence-corrected chi connectivity index (χ1v) is 4.38. The van der Waals surface area contributed by atoms with Gasteiger partial charge in [0.25, 0.3) is 5.91 Å².